The number of halogens is 1. The summed E-state index contributed by atoms with van der Waals surface area (Å²) in [7, 11) is 0. The average Bonchev–Trinajstić information content (AvgIpc) is 3.34. The van der Waals surface area contributed by atoms with Crippen molar-refractivity contribution in [3.8, 4) is 11.1 Å². The molecule has 2 aromatic carbocycles. The van der Waals surface area contributed by atoms with Gasteiger partial charge in [0.1, 0.15) is 41.9 Å². The lowest BCUT2D eigenvalue weighted by molar-refractivity contribution is -0.0508. The number of aliphatic hydroxyl groups excluding tert-OH is 3. The van der Waals surface area contributed by atoms with Crippen molar-refractivity contribution in [2.45, 2.75) is 24.5 Å². The molecule has 0 spiro atoms. The second kappa shape index (κ2) is 8.29. The topological polar surface area (TPSA) is 113 Å². The SMILES string of the molecule is OC[C@@H]1O[C@@H](n2cc(-c3ccccc3)c3c(Nc4ccc(F)cc4)ncnc32)[C@H](O)[C@@H]1O. The second-order valence-electron chi connectivity index (χ2n) is 7.60. The zero-order valence-corrected chi connectivity index (χ0v) is 16.8. The fraction of sp³-hybridized carbons (Fsp3) is 0.217. The van der Waals surface area contributed by atoms with Crippen LogP contribution in [0.2, 0.25) is 0 Å². The van der Waals surface area contributed by atoms with Gasteiger partial charge in [-0.05, 0) is 29.8 Å². The van der Waals surface area contributed by atoms with Gasteiger partial charge in [-0.3, -0.25) is 0 Å². The third-order valence-corrected chi connectivity index (χ3v) is 5.59. The highest BCUT2D eigenvalue weighted by Gasteiger charge is 2.44. The maximum absolute atomic E-state index is 13.3. The highest BCUT2D eigenvalue weighted by Crippen LogP contribution is 2.39. The predicted molar refractivity (Wildman–Crippen MR) is 116 cm³/mol. The van der Waals surface area contributed by atoms with E-state index in [-0.39, 0.29) is 5.82 Å². The third-order valence-electron chi connectivity index (χ3n) is 5.59. The summed E-state index contributed by atoms with van der Waals surface area (Å²) in [6.07, 6.45) is -1.19. The number of benzene rings is 2. The monoisotopic (exact) mass is 436 g/mol. The molecule has 4 aromatic rings. The minimum atomic E-state index is -1.25. The highest BCUT2D eigenvalue weighted by atomic mass is 19.1. The van der Waals surface area contributed by atoms with Gasteiger partial charge in [-0.15, -0.1) is 0 Å². The van der Waals surface area contributed by atoms with Gasteiger partial charge in [0.25, 0.3) is 0 Å². The van der Waals surface area contributed by atoms with E-state index >= 15 is 0 Å². The first-order valence-corrected chi connectivity index (χ1v) is 10.1. The first kappa shape index (κ1) is 20.5. The molecule has 1 aliphatic heterocycles. The van der Waals surface area contributed by atoms with Crippen molar-refractivity contribution < 1.29 is 24.4 Å². The fourth-order valence-corrected chi connectivity index (χ4v) is 3.99. The maximum Gasteiger partial charge on any atom is 0.164 e. The van der Waals surface area contributed by atoms with Crippen LogP contribution in [0.5, 0.6) is 0 Å². The van der Waals surface area contributed by atoms with E-state index in [0.717, 1.165) is 11.1 Å². The molecule has 1 aliphatic rings. The normalized spacial score (nSPS) is 23.0. The molecule has 4 atom stereocenters. The van der Waals surface area contributed by atoms with E-state index in [2.05, 4.69) is 15.3 Å². The number of fused-ring (bicyclic) bond motifs is 1. The molecule has 3 heterocycles. The van der Waals surface area contributed by atoms with Crippen LogP contribution in [0.1, 0.15) is 6.23 Å². The molecule has 5 rings (SSSR count). The van der Waals surface area contributed by atoms with Crippen LogP contribution >= 0.6 is 0 Å². The molecule has 2 aromatic heterocycles. The Morgan fingerprint density at radius 1 is 1.00 bits per heavy atom. The number of hydrogen-bond donors (Lipinski definition) is 4. The average molecular weight is 436 g/mol. The Hall–Kier alpha value is -3.37. The van der Waals surface area contributed by atoms with E-state index in [9.17, 15) is 19.7 Å². The van der Waals surface area contributed by atoms with Crippen LogP contribution in [0.3, 0.4) is 0 Å². The summed E-state index contributed by atoms with van der Waals surface area (Å²) in [6, 6.07) is 15.5. The number of nitrogens with one attached hydrogen (secondary N) is 1. The Morgan fingerprint density at radius 3 is 2.44 bits per heavy atom. The zero-order valence-electron chi connectivity index (χ0n) is 16.8. The molecule has 8 nitrogen and oxygen atoms in total. The van der Waals surface area contributed by atoms with Gasteiger partial charge >= 0.3 is 0 Å². The molecule has 0 saturated carbocycles. The van der Waals surface area contributed by atoms with E-state index in [1.807, 2.05) is 30.3 Å². The molecule has 1 fully saturated rings. The van der Waals surface area contributed by atoms with Gasteiger partial charge in [-0.2, -0.15) is 0 Å². The van der Waals surface area contributed by atoms with Crippen molar-refractivity contribution in [1.29, 1.82) is 0 Å². The van der Waals surface area contributed by atoms with Crippen molar-refractivity contribution in [2.75, 3.05) is 11.9 Å². The van der Waals surface area contributed by atoms with Gasteiger partial charge in [-0.25, -0.2) is 14.4 Å². The van der Waals surface area contributed by atoms with Crippen molar-refractivity contribution >= 4 is 22.5 Å². The minimum absolute atomic E-state index is 0.344. The van der Waals surface area contributed by atoms with Gasteiger partial charge in [0, 0.05) is 17.4 Å². The van der Waals surface area contributed by atoms with Gasteiger partial charge < -0.3 is 29.9 Å². The summed E-state index contributed by atoms with van der Waals surface area (Å²) >= 11 is 0. The van der Waals surface area contributed by atoms with Gasteiger partial charge in [-0.1, -0.05) is 30.3 Å². The molecular weight excluding hydrogens is 415 g/mol. The highest BCUT2D eigenvalue weighted by molar-refractivity contribution is 6.02. The molecule has 164 valence electrons. The first-order valence-electron chi connectivity index (χ1n) is 10.1. The number of hydrogen-bond acceptors (Lipinski definition) is 7. The minimum Gasteiger partial charge on any atom is -0.394 e. The van der Waals surface area contributed by atoms with Crippen LogP contribution in [-0.2, 0) is 4.74 Å². The molecule has 0 amide bonds. The summed E-state index contributed by atoms with van der Waals surface area (Å²) in [5, 5.41) is 34.2. The lowest BCUT2D eigenvalue weighted by atomic mass is 10.1. The molecule has 0 bridgehead atoms. The number of rotatable bonds is 5. The van der Waals surface area contributed by atoms with Gasteiger partial charge in [0.05, 0.1) is 12.0 Å². The Labute approximate surface area is 182 Å². The van der Waals surface area contributed by atoms with Gasteiger partial charge in [0.15, 0.2) is 6.23 Å². The lowest BCUT2D eigenvalue weighted by Gasteiger charge is -2.17. The van der Waals surface area contributed by atoms with Crippen LogP contribution in [0.25, 0.3) is 22.2 Å². The lowest BCUT2D eigenvalue weighted by Crippen LogP contribution is -2.33. The second-order valence-corrected chi connectivity index (χ2v) is 7.60. The molecule has 32 heavy (non-hydrogen) atoms. The van der Waals surface area contributed by atoms with Crippen LogP contribution in [0.4, 0.5) is 15.9 Å². The van der Waals surface area contributed by atoms with Crippen LogP contribution < -0.4 is 5.32 Å². The number of aromatic nitrogens is 3. The summed E-state index contributed by atoms with van der Waals surface area (Å²) in [5.41, 5.74) is 2.79. The van der Waals surface area contributed by atoms with Crippen molar-refractivity contribution in [1.82, 2.24) is 14.5 Å². The molecule has 1 saturated heterocycles. The van der Waals surface area contributed by atoms with Crippen molar-refractivity contribution in [2.24, 2.45) is 0 Å². The molecule has 4 N–H and O–H groups in total. The summed E-state index contributed by atoms with van der Waals surface area (Å²) in [4.78, 5) is 8.81. The summed E-state index contributed by atoms with van der Waals surface area (Å²) in [6.45, 7) is -0.425. The molecule has 0 radical (unpaired) electrons. The maximum atomic E-state index is 13.3. The molecule has 9 heteroatoms. The Morgan fingerprint density at radius 2 is 1.75 bits per heavy atom. The van der Waals surface area contributed by atoms with E-state index in [1.54, 1.807) is 22.9 Å². The first-order chi connectivity index (χ1) is 15.6. The quantitative estimate of drug-likeness (QED) is 0.380. The molecular formula is C23H21FN4O4. The van der Waals surface area contributed by atoms with E-state index in [1.165, 1.54) is 18.5 Å². The van der Waals surface area contributed by atoms with E-state index in [0.29, 0.717) is 22.5 Å². The number of anilines is 2. The smallest absolute Gasteiger partial charge is 0.164 e. The number of nitrogens with zero attached hydrogens (tertiary/aromatic N) is 3. The fourth-order valence-electron chi connectivity index (χ4n) is 3.99. The summed E-state index contributed by atoms with van der Waals surface area (Å²) in [5.74, 6) is 0.148. The Balaban J connectivity index is 1.67. The third kappa shape index (κ3) is 3.51. The van der Waals surface area contributed by atoms with E-state index in [4.69, 9.17) is 4.74 Å². The number of aliphatic hydroxyl groups is 3. The van der Waals surface area contributed by atoms with Crippen LogP contribution in [-0.4, -0.2) is 54.8 Å². The van der Waals surface area contributed by atoms with E-state index < -0.39 is 31.1 Å². The van der Waals surface area contributed by atoms with Gasteiger partial charge in [0.2, 0.25) is 0 Å². The molecule has 0 unspecified atom stereocenters. The number of ether oxygens (including phenoxy) is 1. The Bertz CT molecular complexity index is 1230. The summed E-state index contributed by atoms with van der Waals surface area (Å²) < 4.78 is 20.7. The van der Waals surface area contributed by atoms with Crippen LogP contribution in [0.15, 0.2) is 67.1 Å². The molecule has 0 aliphatic carbocycles. The largest absolute Gasteiger partial charge is 0.394 e. The van der Waals surface area contributed by atoms with Crippen LogP contribution in [0, 0.1) is 5.82 Å². The Kier molecular flexibility index (Phi) is 5.32. The van der Waals surface area contributed by atoms with Crippen molar-refractivity contribution in [3.63, 3.8) is 0 Å². The predicted octanol–water partition coefficient (Wildman–Crippen LogP) is 2.59. The standard InChI is InChI=1S/C23H21FN4O4/c24-14-6-8-15(9-7-14)27-21-18-16(13-4-2-1-3-5-13)10-28(22(18)26-12-25-21)23-20(31)19(30)17(11-29)32-23/h1-10,12,17,19-20,23,29-31H,11H2,(H,25,26,27)/t17-,19+,20+,23+/m0/s1. The van der Waals surface area contributed by atoms with Crippen molar-refractivity contribution in [3.05, 3.63) is 72.9 Å². The zero-order chi connectivity index (χ0) is 22.2.